The second-order valence-electron chi connectivity index (χ2n) is 3.68. The number of methoxy groups -OCH3 is 1. The molecule has 62 valence electrons. The van der Waals surface area contributed by atoms with E-state index < -0.39 is 0 Å². The Morgan fingerprint density at radius 1 is 1.73 bits per heavy atom. The van der Waals surface area contributed by atoms with E-state index in [4.69, 9.17) is 0 Å². The van der Waals surface area contributed by atoms with Gasteiger partial charge in [0.1, 0.15) is 6.04 Å². The van der Waals surface area contributed by atoms with Crippen LogP contribution < -0.4 is 5.32 Å². The topological polar surface area (TPSA) is 38.3 Å². The zero-order chi connectivity index (χ0) is 8.06. The van der Waals surface area contributed by atoms with Gasteiger partial charge in [-0.3, -0.25) is 4.79 Å². The van der Waals surface area contributed by atoms with Gasteiger partial charge in [-0.15, -0.1) is 0 Å². The second kappa shape index (κ2) is 1.97. The molecule has 2 rings (SSSR count). The molecule has 1 spiro atoms. The molecule has 1 heterocycles. The SMILES string of the molecule is COC(=O)[C@@H]1NC[C@@]12C[C@@H]2C. The Kier molecular flexibility index (Phi) is 1.27. The minimum absolute atomic E-state index is 0.0116. The highest BCUT2D eigenvalue weighted by molar-refractivity contribution is 5.79. The second-order valence-corrected chi connectivity index (χ2v) is 3.68. The molecule has 1 saturated carbocycles. The predicted octanol–water partition coefficient (Wildman–Crippen LogP) is 0.157. The zero-order valence-corrected chi connectivity index (χ0v) is 6.89. The molecule has 0 aromatic carbocycles. The van der Waals surface area contributed by atoms with E-state index in [1.807, 2.05) is 0 Å². The smallest absolute Gasteiger partial charge is 0.323 e. The molecule has 1 N–H and O–H groups in total. The van der Waals surface area contributed by atoms with Gasteiger partial charge in [0.15, 0.2) is 0 Å². The fraction of sp³-hybridized carbons (Fsp3) is 0.875. The number of nitrogens with one attached hydrogen (secondary N) is 1. The molecule has 3 atom stereocenters. The summed E-state index contributed by atoms with van der Waals surface area (Å²) >= 11 is 0. The molecule has 0 unspecified atom stereocenters. The molecule has 2 fully saturated rings. The summed E-state index contributed by atoms with van der Waals surface area (Å²) in [5.74, 6) is 0.605. The van der Waals surface area contributed by atoms with E-state index in [9.17, 15) is 4.79 Å². The molecule has 1 saturated heterocycles. The van der Waals surface area contributed by atoms with Gasteiger partial charge < -0.3 is 10.1 Å². The van der Waals surface area contributed by atoms with Gasteiger partial charge in [0.2, 0.25) is 0 Å². The molecule has 1 aliphatic carbocycles. The predicted molar refractivity (Wildman–Crippen MR) is 40.0 cm³/mol. The van der Waals surface area contributed by atoms with E-state index in [2.05, 4.69) is 17.0 Å². The van der Waals surface area contributed by atoms with Gasteiger partial charge in [0.05, 0.1) is 7.11 Å². The number of carbonyl (C=O) groups excluding carboxylic acids is 1. The quantitative estimate of drug-likeness (QED) is 0.548. The van der Waals surface area contributed by atoms with Crippen molar-refractivity contribution in [1.29, 1.82) is 0 Å². The van der Waals surface area contributed by atoms with Gasteiger partial charge in [0.25, 0.3) is 0 Å². The third kappa shape index (κ3) is 0.745. The number of rotatable bonds is 1. The third-order valence-electron chi connectivity index (χ3n) is 3.15. The van der Waals surface area contributed by atoms with Crippen LogP contribution in [0.15, 0.2) is 0 Å². The molecular formula is C8H13NO2. The van der Waals surface area contributed by atoms with Crippen molar-refractivity contribution in [1.82, 2.24) is 5.32 Å². The van der Waals surface area contributed by atoms with Crippen LogP contribution in [0.1, 0.15) is 13.3 Å². The number of hydrogen-bond donors (Lipinski definition) is 1. The highest BCUT2D eigenvalue weighted by Gasteiger charge is 2.64. The summed E-state index contributed by atoms with van der Waals surface area (Å²) in [5.41, 5.74) is 0.285. The zero-order valence-electron chi connectivity index (χ0n) is 6.89. The Morgan fingerprint density at radius 3 is 2.64 bits per heavy atom. The first-order chi connectivity index (χ1) is 5.20. The summed E-state index contributed by atoms with van der Waals surface area (Å²) in [6.07, 6.45) is 1.18. The van der Waals surface area contributed by atoms with Crippen LogP contribution >= 0.6 is 0 Å². The largest absolute Gasteiger partial charge is 0.468 e. The standard InChI is InChI=1S/C8H13NO2/c1-5-3-8(5)4-9-6(8)7(10)11-2/h5-6,9H,3-4H2,1-2H3/t5-,6-,8+/m0/s1. The molecular weight excluding hydrogens is 142 g/mol. The summed E-state index contributed by atoms with van der Waals surface area (Å²) in [5, 5.41) is 3.10. The van der Waals surface area contributed by atoms with Gasteiger partial charge in [-0.2, -0.15) is 0 Å². The van der Waals surface area contributed by atoms with Crippen molar-refractivity contribution in [2.45, 2.75) is 19.4 Å². The van der Waals surface area contributed by atoms with Crippen molar-refractivity contribution in [2.24, 2.45) is 11.3 Å². The van der Waals surface area contributed by atoms with Crippen molar-refractivity contribution in [3.63, 3.8) is 0 Å². The van der Waals surface area contributed by atoms with Crippen molar-refractivity contribution < 1.29 is 9.53 Å². The van der Waals surface area contributed by atoms with Crippen molar-refractivity contribution >= 4 is 5.97 Å². The summed E-state index contributed by atoms with van der Waals surface area (Å²) < 4.78 is 4.68. The molecule has 0 radical (unpaired) electrons. The van der Waals surface area contributed by atoms with Gasteiger partial charge >= 0.3 is 5.97 Å². The molecule has 11 heavy (non-hydrogen) atoms. The van der Waals surface area contributed by atoms with E-state index in [-0.39, 0.29) is 17.4 Å². The number of hydrogen-bond acceptors (Lipinski definition) is 3. The Hall–Kier alpha value is -0.570. The van der Waals surface area contributed by atoms with Crippen LogP contribution in [-0.2, 0) is 9.53 Å². The number of carbonyl (C=O) groups is 1. The highest BCUT2D eigenvalue weighted by atomic mass is 16.5. The summed E-state index contributed by atoms with van der Waals surface area (Å²) in [6.45, 7) is 3.19. The average Bonchev–Trinajstić information content (AvgIpc) is 2.62. The van der Waals surface area contributed by atoms with Crippen LogP contribution in [0.25, 0.3) is 0 Å². The molecule has 3 heteroatoms. The maximum Gasteiger partial charge on any atom is 0.323 e. The Bertz CT molecular complexity index is 200. The van der Waals surface area contributed by atoms with Crippen LogP contribution in [0.5, 0.6) is 0 Å². The maximum atomic E-state index is 11.1. The molecule has 0 amide bonds. The van der Waals surface area contributed by atoms with Gasteiger partial charge in [-0.25, -0.2) is 0 Å². The lowest BCUT2D eigenvalue weighted by Crippen LogP contribution is -2.60. The molecule has 0 aromatic rings. The molecule has 0 aromatic heterocycles. The lowest BCUT2D eigenvalue weighted by atomic mass is 9.86. The molecule has 1 aliphatic heterocycles. The van der Waals surface area contributed by atoms with Crippen LogP contribution in [0.4, 0.5) is 0 Å². The Balaban J connectivity index is 2.02. The number of esters is 1. The first kappa shape index (κ1) is 7.10. The lowest BCUT2D eigenvalue weighted by Gasteiger charge is -2.37. The highest BCUT2D eigenvalue weighted by Crippen LogP contribution is 2.58. The Morgan fingerprint density at radius 2 is 2.36 bits per heavy atom. The minimum Gasteiger partial charge on any atom is -0.468 e. The molecule has 2 aliphatic rings. The first-order valence-electron chi connectivity index (χ1n) is 4.02. The normalized spacial score (nSPS) is 46.7. The van der Waals surface area contributed by atoms with E-state index in [1.54, 1.807) is 0 Å². The first-order valence-corrected chi connectivity index (χ1v) is 4.02. The molecule has 0 bridgehead atoms. The third-order valence-corrected chi connectivity index (χ3v) is 3.15. The van der Waals surface area contributed by atoms with Gasteiger partial charge in [-0.05, 0) is 12.3 Å². The van der Waals surface area contributed by atoms with Crippen LogP contribution in [0, 0.1) is 11.3 Å². The van der Waals surface area contributed by atoms with Crippen LogP contribution in [0.2, 0.25) is 0 Å². The van der Waals surface area contributed by atoms with E-state index >= 15 is 0 Å². The summed E-state index contributed by atoms with van der Waals surface area (Å²) in [7, 11) is 1.45. The Labute approximate surface area is 66.1 Å². The van der Waals surface area contributed by atoms with E-state index in [1.165, 1.54) is 13.5 Å². The summed E-state index contributed by atoms with van der Waals surface area (Å²) in [4.78, 5) is 11.1. The minimum atomic E-state index is -0.0967. The van der Waals surface area contributed by atoms with Crippen molar-refractivity contribution in [3.8, 4) is 0 Å². The monoisotopic (exact) mass is 155 g/mol. The fourth-order valence-electron chi connectivity index (χ4n) is 2.06. The van der Waals surface area contributed by atoms with E-state index in [0.29, 0.717) is 5.92 Å². The number of ether oxygens (including phenoxy) is 1. The lowest BCUT2D eigenvalue weighted by molar-refractivity contribution is -0.148. The van der Waals surface area contributed by atoms with E-state index in [0.717, 1.165) is 6.54 Å². The van der Waals surface area contributed by atoms with Crippen molar-refractivity contribution in [3.05, 3.63) is 0 Å². The summed E-state index contributed by atoms with van der Waals surface area (Å²) in [6, 6.07) is -0.0116. The van der Waals surface area contributed by atoms with Crippen LogP contribution in [-0.4, -0.2) is 25.7 Å². The van der Waals surface area contributed by atoms with Crippen molar-refractivity contribution in [2.75, 3.05) is 13.7 Å². The fourth-order valence-corrected chi connectivity index (χ4v) is 2.06. The van der Waals surface area contributed by atoms with Gasteiger partial charge in [0, 0.05) is 12.0 Å². The van der Waals surface area contributed by atoms with Gasteiger partial charge in [-0.1, -0.05) is 6.92 Å². The average molecular weight is 155 g/mol. The molecule has 3 nitrogen and oxygen atoms in total. The van der Waals surface area contributed by atoms with Crippen LogP contribution in [0.3, 0.4) is 0 Å². The maximum absolute atomic E-state index is 11.1.